The van der Waals surface area contributed by atoms with Crippen LogP contribution in [0.2, 0.25) is 0 Å². The fraction of sp³-hybridized carbons (Fsp3) is 0.100. The topological polar surface area (TPSA) is 40.7 Å². The van der Waals surface area contributed by atoms with Gasteiger partial charge in [0.2, 0.25) is 0 Å². The van der Waals surface area contributed by atoms with E-state index in [9.17, 15) is 4.39 Å². The summed E-state index contributed by atoms with van der Waals surface area (Å²) in [6.07, 6.45) is 0. The van der Waals surface area contributed by atoms with Crippen LogP contribution in [0.25, 0.3) is 0 Å². The summed E-state index contributed by atoms with van der Waals surface area (Å²) in [5.74, 6) is -0.109. The zero-order chi connectivity index (χ0) is 9.97. The molecule has 0 bridgehead atoms. The average Bonchev–Trinajstić information content (AvgIpc) is 2.52. The minimum atomic E-state index is -0.339. The summed E-state index contributed by atoms with van der Waals surface area (Å²) in [4.78, 5) is 0. The highest BCUT2D eigenvalue weighted by Gasteiger charge is 2.08. The molecular formula is C10H10FN3. The van der Waals surface area contributed by atoms with Gasteiger partial charge in [0.1, 0.15) is 0 Å². The smallest absolute Gasteiger partial charge is 0.188 e. The van der Waals surface area contributed by atoms with E-state index in [1.165, 1.54) is 0 Å². The van der Waals surface area contributed by atoms with Crippen molar-refractivity contribution in [2.24, 2.45) is 0 Å². The second-order valence-corrected chi connectivity index (χ2v) is 3.00. The number of rotatable bonds is 2. The first-order chi connectivity index (χ1) is 6.77. The van der Waals surface area contributed by atoms with E-state index in [-0.39, 0.29) is 11.6 Å². The van der Waals surface area contributed by atoms with Crippen molar-refractivity contribution >= 4 is 11.5 Å². The minimum Gasteiger partial charge on any atom is -0.336 e. The predicted molar refractivity (Wildman–Crippen MR) is 53.0 cm³/mol. The Bertz CT molecular complexity index is 422. The van der Waals surface area contributed by atoms with Crippen LogP contribution >= 0.6 is 0 Å². The van der Waals surface area contributed by atoms with Gasteiger partial charge >= 0.3 is 0 Å². The molecule has 3 nitrogen and oxygen atoms in total. The predicted octanol–water partition coefficient (Wildman–Crippen LogP) is 2.60. The molecule has 0 amide bonds. The molecule has 0 atom stereocenters. The number of nitrogens with one attached hydrogen (secondary N) is 2. The normalized spacial score (nSPS) is 10.1. The molecule has 0 aliphatic rings. The standard InChI is InChI=1S/C10H10FN3/c1-7-9(11)10(14-13-7)12-8-5-3-2-4-6-8/h2-6H,1H3,(H2,12,13,14). The number of H-pyrrole nitrogens is 1. The number of hydrogen-bond acceptors (Lipinski definition) is 2. The molecule has 1 aromatic heterocycles. The van der Waals surface area contributed by atoms with E-state index in [1.54, 1.807) is 6.92 Å². The molecule has 0 spiro atoms. The third-order valence-electron chi connectivity index (χ3n) is 1.91. The zero-order valence-corrected chi connectivity index (χ0v) is 7.71. The van der Waals surface area contributed by atoms with Crippen molar-refractivity contribution in [3.05, 3.63) is 41.8 Å². The largest absolute Gasteiger partial charge is 0.336 e. The van der Waals surface area contributed by atoms with Gasteiger partial charge in [-0.2, -0.15) is 5.10 Å². The Morgan fingerprint density at radius 2 is 2.00 bits per heavy atom. The van der Waals surface area contributed by atoms with Crippen molar-refractivity contribution in [3.8, 4) is 0 Å². The Morgan fingerprint density at radius 1 is 1.29 bits per heavy atom. The summed E-state index contributed by atoms with van der Waals surface area (Å²) in [6.45, 7) is 1.64. The highest BCUT2D eigenvalue weighted by atomic mass is 19.1. The van der Waals surface area contributed by atoms with Crippen molar-refractivity contribution in [1.82, 2.24) is 10.2 Å². The number of aromatic amines is 1. The van der Waals surface area contributed by atoms with Gasteiger partial charge in [0.15, 0.2) is 11.6 Å². The highest BCUT2D eigenvalue weighted by Crippen LogP contribution is 2.18. The summed E-state index contributed by atoms with van der Waals surface area (Å²) < 4.78 is 13.3. The molecule has 14 heavy (non-hydrogen) atoms. The quantitative estimate of drug-likeness (QED) is 0.766. The van der Waals surface area contributed by atoms with Crippen LogP contribution in [0.3, 0.4) is 0 Å². The Hall–Kier alpha value is -1.84. The molecule has 0 fully saturated rings. The Balaban J connectivity index is 2.23. The molecule has 1 heterocycles. The number of halogens is 1. The second kappa shape index (κ2) is 3.49. The van der Waals surface area contributed by atoms with Crippen molar-refractivity contribution in [1.29, 1.82) is 0 Å². The van der Waals surface area contributed by atoms with Gasteiger partial charge in [0, 0.05) is 5.69 Å². The maximum Gasteiger partial charge on any atom is 0.188 e. The molecule has 72 valence electrons. The Labute approximate surface area is 81.0 Å². The molecule has 2 N–H and O–H groups in total. The summed E-state index contributed by atoms with van der Waals surface area (Å²) in [5.41, 5.74) is 1.25. The van der Waals surface area contributed by atoms with Crippen LogP contribution in [0.4, 0.5) is 15.9 Å². The number of hydrogen-bond donors (Lipinski definition) is 2. The highest BCUT2D eigenvalue weighted by molar-refractivity contribution is 5.56. The van der Waals surface area contributed by atoms with Gasteiger partial charge in [-0.3, -0.25) is 5.10 Å². The summed E-state index contributed by atoms with van der Waals surface area (Å²) in [6, 6.07) is 9.35. The molecule has 4 heteroatoms. The fourth-order valence-electron chi connectivity index (χ4n) is 1.16. The first kappa shape index (κ1) is 8.74. The first-order valence-corrected chi connectivity index (χ1v) is 4.30. The van der Waals surface area contributed by atoms with Crippen LogP contribution in [0.15, 0.2) is 30.3 Å². The van der Waals surface area contributed by atoms with E-state index in [0.29, 0.717) is 5.69 Å². The van der Waals surface area contributed by atoms with Gasteiger partial charge in [-0.1, -0.05) is 18.2 Å². The number of benzene rings is 1. The number of para-hydroxylation sites is 1. The van der Waals surface area contributed by atoms with Crippen LogP contribution in [-0.4, -0.2) is 10.2 Å². The molecule has 0 aliphatic heterocycles. The summed E-state index contributed by atoms with van der Waals surface area (Å²) in [7, 11) is 0. The molecule has 0 saturated heterocycles. The number of anilines is 2. The number of aryl methyl sites for hydroxylation is 1. The van der Waals surface area contributed by atoms with Crippen LogP contribution in [0.1, 0.15) is 5.69 Å². The van der Waals surface area contributed by atoms with Crippen LogP contribution in [0, 0.1) is 12.7 Å². The minimum absolute atomic E-state index is 0.230. The Kier molecular flexibility index (Phi) is 2.18. The second-order valence-electron chi connectivity index (χ2n) is 3.00. The molecule has 0 saturated carbocycles. The molecule has 0 unspecified atom stereocenters. The molecule has 0 radical (unpaired) electrons. The van der Waals surface area contributed by atoms with Gasteiger partial charge in [-0.25, -0.2) is 4.39 Å². The maximum atomic E-state index is 13.3. The van der Waals surface area contributed by atoms with Crippen molar-refractivity contribution in [3.63, 3.8) is 0 Å². The van der Waals surface area contributed by atoms with Gasteiger partial charge in [-0.15, -0.1) is 0 Å². The van der Waals surface area contributed by atoms with Gasteiger partial charge in [-0.05, 0) is 19.1 Å². The molecule has 1 aromatic carbocycles. The number of aromatic nitrogens is 2. The summed E-state index contributed by atoms with van der Waals surface area (Å²) >= 11 is 0. The lowest BCUT2D eigenvalue weighted by Gasteiger charge is -2.01. The van der Waals surface area contributed by atoms with E-state index in [1.807, 2.05) is 30.3 Å². The van der Waals surface area contributed by atoms with Gasteiger partial charge in [0.25, 0.3) is 0 Å². The van der Waals surface area contributed by atoms with Gasteiger partial charge < -0.3 is 5.32 Å². The lowest BCUT2D eigenvalue weighted by molar-refractivity contribution is 0.623. The van der Waals surface area contributed by atoms with Gasteiger partial charge in [0.05, 0.1) is 5.69 Å². The fourth-order valence-corrected chi connectivity index (χ4v) is 1.16. The van der Waals surface area contributed by atoms with E-state index in [4.69, 9.17) is 0 Å². The number of nitrogens with zero attached hydrogens (tertiary/aromatic N) is 1. The van der Waals surface area contributed by atoms with E-state index >= 15 is 0 Å². The third kappa shape index (κ3) is 1.59. The lowest BCUT2D eigenvalue weighted by Crippen LogP contribution is -1.92. The van der Waals surface area contributed by atoms with E-state index in [2.05, 4.69) is 15.5 Å². The summed E-state index contributed by atoms with van der Waals surface area (Å²) in [5, 5.41) is 9.24. The van der Waals surface area contributed by atoms with Crippen LogP contribution in [-0.2, 0) is 0 Å². The van der Waals surface area contributed by atoms with Crippen molar-refractivity contribution < 1.29 is 4.39 Å². The third-order valence-corrected chi connectivity index (χ3v) is 1.91. The Morgan fingerprint density at radius 3 is 2.57 bits per heavy atom. The van der Waals surface area contributed by atoms with Crippen LogP contribution in [0.5, 0.6) is 0 Å². The van der Waals surface area contributed by atoms with E-state index in [0.717, 1.165) is 5.69 Å². The van der Waals surface area contributed by atoms with Crippen LogP contribution < -0.4 is 5.32 Å². The molecular weight excluding hydrogens is 181 g/mol. The average molecular weight is 191 g/mol. The van der Waals surface area contributed by atoms with Crippen molar-refractivity contribution in [2.75, 3.05) is 5.32 Å². The molecule has 2 rings (SSSR count). The van der Waals surface area contributed by atoms with E-state index < -0.39 is 0 Å². The molecule has 2 aromatic rings. The monoisotopic (exact) mass is 191 g/mol. The first-order valence-electron chi connectivity index (χ1n) is 4.30. The zero-order valence-electron chi connectivity index (χ0n) is 7.71. The maximum absolute atomic E-state index is 13.3. The lowest BCUT2D eigenvalue weighted by atomic mass is 10.3. The van der Waals surface area contributed by atoms with Crippen molar-refractivity contribution in [2.45, 2.75) is 6.92 Å². The molecule has 0 aliphatic carbocycles. The SMILES string of the molecule is Cc1[nH]nc(Nc2ccccc2)c1F.